The quantitative estimate of drug-likeness (QED) is 0.886. The number of furan rings is 1. The second-order valence-corrected chi connectivity index (χ2v) is 5.12. The van der Waals surface area contributed by atoms with E-state index in [1.165, 1.54) is 31.7 Å². The van der Waals surface area contributed by atoms with Crippen LogP contribution in [0.5, 0.6) is 0 Å². The molecule has 1 saturated carbocycles. The van der Waals surface area contributed by atoms with Crippen molar-refractivity contribution < 1.29 is 8.81 Å². The van der Waals surface area contributed by atoms with Gasteiger partial charge < -0.3 is 9.73 Å². The molecule has 2 nitrogen and oxygen atoms in total. The minimum atomic E-state index is -0.278. The zero-order chi connectivity index (χ0) is 12.5. The van der Waals surface area contributed by atoms with Gasteiger partial charge in [0.15, 0.2) is 11.4 Å². The van der Waals surface area contributed by atoms with Gasteiger partial charge in [-0.15, -0.1) is 0 Å². The molecule has 1 aliphatic carbocycles. The molecular formula is C15H18FNO. The molecule has 1 aromatic heterocycles. The SMILES string of the molecule is CNC(c1cc2cccc(F)c2o1)C1CCCC1. The lowest BCUT2D eigenvalue weighted by molar-refractivity contribution is 0.334. The number of hydrogen-bond acceptors (Lipinski definition) is 2. The first kappa shape index (κ1) is 11.7. The molecule has 1 fully saturated rings. The van der Waals surface area contributed by atoms with E-state index in [1.807, 2.05) is 19.2 Å². The number of para-hydroxylation sites is 1. The second-order valence-electron chi connectivity index (χ2n) is 5.12. The molecule has 1 N–H and O–H groups in total. The molecule has 0 bridgehead atoms. The number of fused-ring (bicyclic) bond motifs is 1. The summed E-state index contributed by atoms with van der Waals surface area (Å²) < 4.78 is 19.4. The predicted octanol–water partition coefficient (Wildman–Crippen LogP) is 4.02. The smallest absolute Gasteiger partial charge is 0.169 e. The van der Waals surface area contributed by atoms with Crippen molar-refractivity contribution in [3.8, 4) is 0 Å². The van der Waals surface area contributed by atoms with Gasteiger partial charge in [0.05, 0.1) is 6.04 Å². The Hall–Kier alpha value is -1.35. The van der Waals surface area contributed by atoms with Gasteiger partial charge in [-0.3, -0.25) is 0 Å². The Labute approximate surface area is 106 Å². The Morgan fingerprint density at radius 2 is 2.11 bits per heavy atom. The first-order chi connectivity index (χ1) is 8.79. The highest BCUT2D eigenvalue weighted by atomic mass is 19.1. The van der Waals surface area contributed by atoms with Crippen LogP contribution in [-0.4, -0.2) is 7.05 Å². The summed E-state index contributed by atoms with van der Waals surface area (Å²) in [6.07, 6.45) is 5.03. The van der Waals surface area contributed by atoms with E-state index in [1.54, 1.807) is 6.07 Å². The second kappa shape index (κ2) is 4.73. The lowest BCUT2D eigenvalue weighted by Crippen LogP contribution is -2.22. The molecule has 2 aromatic rings. The molecule has 1 aromatic carbocycles. The molecular weight excluding hydrogens is 229 g/mol. The van der Waals surface area contributed by atoms with E-state index in [-0.39, 0.29) is 11.9 Å². The molecule has 1 aliphatic rings. The molecule has 0 spiro atoms. The summed E-state index contributed by atoms with van der Waals surface area (Å²) in [5.41, 5.74) is 0.380. The fourth-order valence-corrected chi connectivity index (χ4v) is 3.10. The zero-order valence-corrected chi connectivity index (χ0v) is 10.6. The van der Waals surface area contributed by atoms with Gasteiger partial charge in [0.2, 0.25) is 0 Å². The Morgan fingerprint density at radius 3 is 2.78 bits per heavy atom. The molecule has 3 heteroatoms. The molecule has 0 amide bonds. The molecule has 0 aliphatic heterocycles. The van der Waals surface area contributed by atoms with Gasteiger partial charge in [0.25, 0.3) is 0 Å². The van der Waals surface area contributed by atoms with Crippen LogP contribution in [-0.2, 0) is 0 Å². The van der Waals surface area contributed by atoms with Crippen molar-refractivity contribution in [1.29, 1.82) is 0 Å². The van der Waals surface area contributed by atoms with Gasteiger partial charge in [0, 0.05) is 5.39 Å². The molecule has 1 unspecified atom stereocenters. The minimum Gasteiger partial charge on any atom is -0.456 e. The summed E-state index contributed by atoms with van der Waals surface area (Å²) in [4.78, 5) is 0. The van der Waals surface area contributed by atoms with Crippen molar-refractivity contribution in [2.75, 3.05) is 7.05 Å². The standard InChI is InChI=1S/C15H18FNO/c1-17-14(10-5-2-3-6-10)13-9-11-7-4-8-12(16)15(11)18-13/h4,7-10,14,17H,2-3,5-6H2,1H3. The topological polar surface area (TPSA) is 25.2 Å². The van der Waals surface area contributed by atoms with Gasteiger partial charge in [-0.2, -0.15) is 0 Å². The number of benzene rings is 1. The van der Waals surface area contributed by atoms with Crippen LogP contribution in [0.25, 0.3) is 11.0 Å². The predicted molar refractivity (Wildman–Crippen MR) is 69.9 cm³/mol. The Balaban J connectivity index is 1.99. The first-order valence-corrected chi connectivity index (χ1v) is 6.65. The minimum absolute atomic E-state index is 0.208. The highest BCUT2D eigenvalue weighted by Crippen LogP contribution is 2.37. The van der Waals surface area contributed by atoms with Crippen LogP contribution in [0, 0.1) is 11.7 Å². The third-order valence-electron chi connectivity index (χ3n) is 4.00. The largest absolute Gasteiger partial charge is 0.456 e. The van der Waals surface area contributed by atoms with E-state index in [2.05, 4.69) is 5.32 Å². The molecule has 1 atom stereocenters. The van der Waals surface area contributed by atoms with Crippen LogP contribution in [0.4, 0.5) is 4.39 Å². The normalized spacial score (nSPS) is 18.6. The average Bonchev–Trinajstić information content (AvgIpc) is 3.00. The van der Waals surface area contributed by atoms with Crippen molar-refractivity contribution in [3.05, 3.63) is 35.8 Å². The van der Waals surface area contributed by atoms with E-state index in [4.69, 9.17) is 4.42 Å². The van der Waals surface area contributed by atoms with E-state index in [9.17, 15) is 4.39 Å². The van der Waals surface area contributed by atoms with Gasteiger partial charge >= 0.3 is 0 Å². The van der Waals surface area contributed by atoms with E-state index in [0.717, 1.165) is 11.1 Å². The maximum Gasteiger partial charge on any atom is 0.169 e. The van der Waals surface area contributed by atoms with E-state index in [0.29, 0.717) is 11.5 Å². The number of halogens is 1. The van der Waals surface area contributed by atoms with Crippen molar-refractivity contribution >= 4 is 11.0 Å². The molecule has 96 valence electrons. The zero-order valence-electron chi connectivity index (χ0n) is 10.6. The Morgan fingerprint density at radius 1 is 1.33 bits per heavy atom. The van der Waals surface area contributed by atoms with Crippen LogP contribution < -0.4 is 5.32 Å². The summed E-state index contributed by atoms with van der Waals surface area (Å²) in [5, 5.41) is 4.17. The van der Waals surface area contributed by atoms with Crippen LogP contribution in [0.1, 0.15) is 37.5 Å². The molecule has 0 saturated heterocycles. The van der Waals surface area contributed by atoms with Gasteiger partial charge in [-0.1, -0.05) is 25.0 Å². The van der Waals surface area contributed by atoms with Crippen molar-refractivity contribution in [1.82, 2.24) is 5.32 Å². The van der Waals surface area contributed by atoms with Crippen LogP contribution in [0.15, 0.2) is 28.7 Å². The Kier molecular flexibility index (Phi) is 3.08. The molecule has 0 radical (unpaired) electrons. The number of nitrogens with one attached hydrogen (secondary N) is 1. The maximum atomic E-state index is 13.6. The fourth-order valence-electron chi connectivity index (χ4n) is 3.10. The molecule has 3 rings (SSSR count). The Bertz CT molecular complexity index is 542. The summed E-state index contributed by atoms with van der Waals surface area (Å²) >= 11 is 0. The van der Waals surface area contributed by atoms with Gasteiger partial charge in [-0.05, 0) is 37.9 Å². The first-order valence-electron chi connectivity index (χ1n) is 6.65. The highest BCUT2D eigenvalue weighted by molar-refractivity contribution is 5.78. The van der Waals surface area contributed by atoms with Crippen molar-refractivity contribution in [2.45, 2.75) is 31.7 Å². The fraction of sp³-hybridized carbons (Fsp3) is 0.467. The summed E-state index contributed by atoms with van der Waals surface area (Å²) in [7, 11) is 1.95. The van der Waals surface area contributed by atoms with E-state index < -0.39 is 0 Å². The van der Waals surface area contributed by atoms with Gasteiger partial charge in [0.1, 0.15) is 5.76 Å². The van der Waals surface area contributed by atoms with Crippen molar-refractivity contribution in [2.24, 2.45) is 5.92 Å². The van der Waals surface area contributed by atoms with Gasteiger partial charge in [-0.25, -0.2) is 4.39 Å². The highest BCUT2D eigenvalue weighted by Gasteiger charge is 2.27. The summed E-state index contributed by atoms with van der Waals surface area (Å²) in [6, 6.07) is 7.24. The van der Waals surface area contributed by atoms with Crippen molar-refractivity contribution in [3.63, 3.8) is 0 Å². The monoisotopic (exact) mass is 247 g/mol. The molecule has 1 heterocycles. The van der Waals surface area contributed by atoms with Crippen LogP contribution in [0.3, 0.4) is 0 Å². The number of hydrogen-bond donors (Lipinski definition) is 1. The maximum absolute atomic E-state index is 13.6. The third kappa shape index (κ3) is 1.93. The molecule has 18 heavy (non-hydrogen) atoms. The van der Waals surface area contributed by atoms with E-state index >= 15 is 0 Å². The van der Waals surface area contributed by atoms with Crippen LogP contribution in [0.2, 0.25) is 0 Å². The average molecular weight is 247 g/mol. The lowest BCUT2D eigenvalue weighted by Gasteiger charge is -2.20. The lowest BCUT2D eigenvalue weighted by atomic mass is 9.96. The van der Waals surface area contributed by atoms with Crippen LogP contribution >= 0.6 is 0 Å². The summed E-state index contributed by atoms with van der Waals surface area (Å²) in [5.74, 6) is 1.20. The number of rotatable bonds is 3. The third-order valence-corrected chi connectivity index (χ3v) is 4.00. The summed E-state index contributed by atoms with van der Waals surface area (Å²) in [6.45, 7) is 0.